The van der Waals surface area contributed by atoms with Crippen molar-refractivity contribution in [3.05, 3.63) is 0 Å². The number of nitrogens with zero attached hydrogens (tertiary/aromatic N) is 1. The number of hydrogen-bond donors (Lipinski definition) is 1. The Bertz CT molecular complexity index is 195. The van der Waals surface area contributed by atoms with Crippen molar-refractivity contribution >= 4 is 6.09 Å². The molecule has 1 unspecified atom stereocenters. The molecule has 2 N–H and O–H groups in total. The first-order valence-electron chi connectivity index (χ1n) is 5.29. The van der Waals surface area contributed by atoms with Gasteiger partial charge in [0.15, 0.2) is 0 Å². The van der Waals surface area contributed by atoms with Crippen LogP contribution in [0.5, 0.6) is 0 Å². The summed E-state index contributed by atoms with van der Waals surface area (Å²) in [5.41, 5.74) is 5.43. The van der Waals surface area contributed by atoms with E-state index in [1.165, 1.54) is 0 Å². The fraction of sp³-hybridized carbons (Fsp3) is 0.900. The minimum absolute atomic E-state index is 0.0958. The highest BCUT2D eigenvalue weighted by Crippen LogP contribution is 2.12. The lowest BCUT2D eigenvalue weighted by molar-refractivity contribution is 0.134. The maximum atomic E-state index is 11.3. The lowest BCUT2D eigenvalue weighted by Crippen LogP contribution is -2.28. The van der Waals surface area contributed by atoms with Crippen LogP contribution in [0.4, 0.5) is 4.79 Å². The van der Waals surface area contributed by atoms with E-state index in [0.717, 1.165) is 19.4 Å². The van der Waals surface area contributed by atoms with Gasteiger partial charge in [0.25, 0.3) is 0 Å². The number of nitrogens with two attached hydrogens (primary N) is 1. The number of rotatable bonds is 5. The molecule has 0 saturated carbocycles. The Labute approximate surface area is 85.4 Å². The predicted octanol–water partition coefficient (Wildman–Crippen LogP) is 1.20. The molecular formula is C10H20N2O2. The highest BCUT2D eigenvalue weighted by atomic mass is 16.6. The zero-order chi connectivity index (χ0) is 10.6. The molecule has 0 radical (unpaired) electrons. The standard InChI is InChI=1S/C10H20N2O2/c1-8(2)4-3-5-12-7-9(6-11)14-10(12)13/h8-9H,3-7,11H2,1-2H3. The van der Waals surface area contributed by atoms with Crippen LogP contribution in [-0.2, 0) is 4.74 Å². The maximum absolute atomic E-state index is 11.3. The van der Waals surface area contributed by atoms with Gasteiger partial charge in [-0.1, -0.05) is 13.8 Å². The number of amides is 1. The van der Waals surface area contributed by atoms with Gasteiger partial charge in [-0.25, -0.2) is 4.79 Å². The molecule has 1 heterocycles. The Morgan fingerprint density at radius 3 is 2.86 bits per heavy atom. The molecule has 1 aliphatic heterocycles. The van der Waals surface area contributed by atoms with Crippen LogP contribution < -0.4 is 5.73 Å². The van der Waals surface area contributed by atoms with Gasteiger partial charge < -0.3 is 15.4 Å². The monoisotopic (exact) mass is 200 g/mol. The van der Waals surface area contributed by atoms with Crippen LogP contribution in [0.25, 0.3) is 0 Å². The zero-order valence-electron chi connectivity index (χ0n) is 9.03. The molecule has 14 heavy (non-hydrogen) atoms. The Hall–Kier alpha value is -0.770. The Kier molecular flexibility index (Phi) is 4.20. The molecule has 1 saturated heterocycles. The van der Waals surface area contributed by atoms with Crippen LogP contribution in [0.15, 0.2) is 0 Å². The van der Waals surface area contributed by atoms with Crippen LogP contribution >= 0.6 is 0 Å². The van der Waals surface area contributed by atoms with E-state index in [1.807, 2.05) is 0 Å². The molecule has 82 valence electrons. The summed E-state index contributed by atoms with van der Waals surface area (Å²) in [6.45, 7) is 6.25. The van der Waals surface area contributed by atoms with Gasteiger partial charge in [-0.05, 0) is 18.8 Å². The van der Waals surface area contributed by atoms with Crippen molar-refractivity contribution in [2.24, 2.45) is 11.7 Å². The van der Waals surface area contributed by atoms with E-state index in [1.54, 1.807) is 4.90 Å². The molecule has 0 aromatic carbocycles. The summed E-state index contributed by atoms with van der Waals surface area (Å²) in [6.07, 6.45) is 1.90. The summed E-state index contributed by atoms with van der Waals surface area (Å²) in [6, 6.07) is 0. The minimum Gasteiger partial charge on any atom is -0.443 e. The Morgan fingerprint density at radius 2 is 2.36 bits per heavy atom. The second kappa shape index (κ2) is 5.20. The molecule has 0 spiro atoms. The van der Waals surface area contributed by atoms with Crippen molar-refractivity contribution in [2.75, 3.05) is 19.6 Å². The van der Waals surface area contributed by atoms with Crippen LogP contribution in [-0.4, -0.2) is 36.7 Å². The Morgan fingerprint density at radius 1 is 1.64 bits per heavy atom. The lowest BCUT2D eigenvalue weighted by atomic mass is 10.1. The van der Waals surface area contributed by atoms with Gasteiger partial charge in [-0.3, -0.25) is 0 Å². The van der Waals surface area contributed by atoms with E-state index in [4.69, 9.17) is 10.5 Å². The summed E-state index contributed by atoms with van der Waals surface area (Å²) >= 11 is 0. The van der Waals surface area contributed by atoms with E-state index in [9.17, 15) is 4.79 Å². The first-order chi connectivity index (χ1) is 6.63. The van der Waals surface area contributed by atoms with Crippen molar-refractivity contribution < 1.29 is 9.53 Å². The fourth-order valence-electron chi connectivity index (χ4n) is 1.57. The number of hydrogen-bond acceptors (Lipinski definition) is 3. The second-order valence-electron chi connectivity index (χ2n) is 4.22. The van der Waals surface area contributed by atoms with Crippen LogP contribution in [0.1, 0.15) is 26.7 Å². The van der Waals surface area contributed by atoms with E-state index in [0.29, 0.717) is 19.0 Å². The highest BCUT2D eigenvalue weighted by Gasteiger charge is 2.29. The second-order valence-corrected chi connectivity index (χ2v) is 4.22. The SMILES string of the molecule is CC(C)CCCN1CC(CN)OC1=O. The minimum atomic E-state index is -0.204. The first-order valence-corrected chi connectivity index (χ1v) is 5.29. The molecule has 1 amide bonds. The number of cyclic esters (lactones) is 1. The molecule has 1 atom stereocenters. The molecule has 0 aromatic rings. The summed E-state index contributed by atoms with van der Waals surface area (Å²) in [5, 5.41) is 0. The zero-order valence-corrected chi connectivity index (χ0v) is 9.03. The fourth-order valence-corrected chi connectivity index (χ4v) is 1.57. The Balaban J connectivity index is 2.21. The van der Waals surface area contributed by atoms with Crippen molar-refractivity contribution in [2.45, 2.75) is 32.8 Å². The van der Waals surface area contributed by atoms with Gasteiger partial charge in [0, 0.05) is 13.1 Å². The van der Waals surface area contributed by atoms with Crippen molar-refractivity contribution in [1.82, 2.24) is 4.90 Å². The molecule has 4 nitrogen and oxygen atoms in total. The van der Waals surface area contributed by atoms with E-state index in [-0.39, 0.29) is 12.2 Å². The van der Waals surface area contributed by atoms with Gasteiger partial charge in [0.05, 0.1) is 6.54 Å². The average molecular weight is 200 g/mol. The van der Waals surface area contributed by atoms with Gasteiger partial charge in [0.1, 0.15) is 6.10 Å². The summed E-state index contributed by atoms with van der Waals surface area (Å²) < 4.78 is 5.04. The molecule has 1 rings (SSSR count). The summed E-state index contributed by atoms with van der Waals surface area (Å²) in [4.78, 5) is 13.0. The van der Waals surface area contributed by atoms with E-state index in [2.05, 4.69) is 13.8 Å². The van der Waals surface area contributed by atoms with Crippen LogP contribution in [0, 0.1) is 5.92 Å². The normalized spacial score (nSPS) is 21.9. The van der Waals surface area contributed by atoms with Crippen LogP contribution in [0.3, 0.4) is 0 Å². The van der Waals surface area contributed by atoms with E-state index < -0.39 is 0 Å². The molecule has 0 aromatic heterocycles. The summed E-state index contributed by atoms with van der Waals surface area (Å²) in [7, 11) is 0. The van der Waals surface area contributed by atoms with Crippen molar-refractivity contribution in [1.29, 1.82) is 0 Å². The smallest absolute Gasteiger partial charge is 0.410 e. The number of carbonyl (C=O) groups is 1. The molecular weight excluding hydrogens is 180 g/mol. The number of ether oxygens (including phenoxy) is 1. The molecule has 4 heteroatoms. The maximum Gasteiger partial charge on any atom is 0.410 e. The predicted molar refractivity (Wildman–Crippen MR) is 55.0 cm³/mol. The van der Waals surface area contributed by atoms with Crippen LogP contribution in [0.2, 0.25) is 0 Å². The largest absolute Gasteiger partial charge is 0.443 e. The third-order valence-corrected chi connectivity index (χ3v) is 2.42. The third kappa shape index (κ3) is 3.18. The van der Waals surface area contributed by atoms with E-state index >= 15 is 0 Å². The van der Waals surface area contributed by atoms with Gasteiger partial charge in [-0.15, -0.1) is 0 Å². The molecule has 0 bridgehead atoms. The third-order valence-electron chi connectivity index (χ3n) is 2.42. The highest BCUT2D eigenvalue weighted by molar-refractivity contribution is 5.69. The van der Waals surface area contributed by atoms with Gasteiger partial charge in [0.2, 0.25) is 0 Å². The van der Waals surface area contributed by atoms with Crippen molar-refractivity contribution in [3.63, 3.8) is 0 Å². The van der Waals surface area contributed by atoms with Crippen molar-refractivity contribution in [3.8, 4) is 0 Å². The van der Waals surface area contributed by atoms with Gasteiger partial charge in [-0.2, -0.15) is 0 Å². The average Bonchev–Trinajstić information content (AvgIpc) is 2.47. The quantitative estimate of drug-likeness (QED) is 0.725. The molecule has 1 aliphatic rings. The first kappa shape index (κ1) is 11.3. The lowest BCUT2D eigenvalue weighted by Gasteiger charge is -2.13. The molecule has 0 aliphatic carbocycles. The van der Waals surface area contributed by atoms with Gasteiger partial charge >= 0.3 is 6.09 Å². The topological polar surface area (TPSA) is 55.6 Å². The number of carbonyl (C=O) groups excluding carboxylic acids is 1. The molecule has 1 fully saturated rings. The summed E-state index contributed by atoms with van der Waals surface area (Å²) in [5.74, 6) is 0.693.